The van der Waals surface area contributed by atoms with Crippen molar-refractivity contribution in [3.05, 3.63) is 81.6 Å². The summed E-state index contributed by atoms with van der Waals surface area (Å²) in [5, 5.41) is 20.0. The summed E-state index contributed by atoms with van der Waals surface area (Å²) in [6, 6.07) is 16.2. The molecule has 9 nitrogen and oxygen atoms in total. The van der Waals surface area contributed by atoms with E-state index >= 15 is 0 Å². The second kappa shape index (κ2) is 12.5. The third-order valence-electron chi connectivity index (χ3n) is 9.38. The van der Waals surface area contributed by atoms with Gasteiger partial charge in [-0.25, -0.2) is 4.98 Å². The molecule has 2 N–H and O–H groups in total. The molecule has 0 bridgehead atoms. The third kappa shape index (κ3) is 5.60. The van der Waals surface area contributed by atoms with Crippen molar-refractivity contribution in [2.24, 2.45) is 5.92 Å². The molecule has 3 aromatic carbocycles. The van der Waals surface area contributed by atoms with Crippen molar-refractivity contribution in [2.45, 2.75) is 31.5 Å². The van der Waals surface area contributed by atoms with E-state index in [4.69, 9.17) is 37.7 Å². The van der Waals surface area contributed by atoms with E-state index in [2.05, 4.69) is 20.9 Å². The SMILES string of the molecule is COc1cc(-c2cccc(-c3cccc(-c4cnc(CN5CC(O)C5)c(OC)n4)c3Cl)c2Cl)cc2c1C[C@@H](N1CC(C(=O)O)C1)C2. The van der Waals surface area contributed by atoms with Crippen LogP contribution in [0.5, 0.6) is 11.6 Å². The Bertz CT molecular complexity index is 1820. The molecule has 46 heavy (non-hydrogen) atoms. The van der Waals surface area contributed by atoms with Crippen LogP contribution in [0.2, 0.25) is 10.0 Å². The fourth-order valence-corrected chi connectivity index (χ4v) is 7.49. The summed E-state index contributed by atoms with van der Waals surface area (Å²) in [6.07, 6.45) is 3.06. The number of halogens is 2. The van der Waals surface area contributed by atoms with Gasteiger partial charge in [0.15, 0.2) is 0 Å². The number of rotatable bonds is 9. The van der Waals surface area contributed by atoms with Crippen LogP contribution < -0.4 is 9.47 Å². The van der Waals surface area contributed by atoms with E-state index in [9.17, 15) is 15.0 Å². The Balaban J connectivity index is 1.18. The van der Waals surface area contributed by atoms with Crippen molar-refractivity contribution in [3.8, 4) is 45.1 Å². The number of nitrogens with zero attached hydrogens (tertiary/aromatic N) is 4. The van der Waals surface area contributed by atoms with Gasteiger partial charge >= 0.3 is 5.97 Å². The molecule has 4 aromatic rings. The molecule has 1 atom stereocenters. The summed E-state index contributed by atoms with van der Waals surface area (Å²) in [6.45, 7) is 2.92. The first-order valence-corrected chi connectivity index (χ1v) is 16.0. The number of carboxylic acids is 1. The fourth-order valence-electron chi connectivity index (χ4n) is 6.82. The van der Waals surface area contributed by atoms with Gasteiger partial charge in [-0.05, 0) is 35.6 Å². The molecule has 2 fully saturated rings. The van der Waals surface area contributed by atoms with Gasteiger partial charge in [-0.2, -0.15) is 0 Å². The lowest BCUT2D eigenvalue weighted by molar-refractivity contribution is -0.148. The van der Waals surface area contributed by atoms with Gasteiger partial charge in [-0.15, -0.1) is 0 Å². The predicted octanol–water partition coefficient (Wildman–Crippen LogP) is 5.46. The van der Waals surface area contributed by atoms with Crippen molar-refractivity contribution < 1.29 is 24.5 Å². The molecule has 0 spiro atoms. The minimum absolute atomic E-state index is 0.262. The number of hydrogen-bond donors (Lipinski definition) is 2. The zero-order chi connectivity index (χ0) is 32.1. The molecule has 1 aromatic heterocycles. The van der Waals surface area contributed by atoms with Gasteiger partial charge in [0.25, 0.3) is 0 Å². The molecule has 11 heteroatoms. The number of methoxy groups -OCH3 is 2. The number of aliphatic hydroxyl groups excluding tert-OH is 1. The maximum atomic E-state index is 11.3. The molecule has 0 amide bonds. The van der Waals surface area contributed by atoms with E-state index in [1.807, 2.05) is 42.5 Å². The highest BCUT2D eigenvalue weighted by atomic mass is 35.5. The van der Waals surface area contributed by atoms with Crippen LogP contribution in [0.1, 0.15) is 16.8 Å². The first-order valence-electron chi connectivity index (χ1n) is 15.3. The van der Waals surface area contributed by atoms with Crippen molar-refractivity contribution in [3.63, 3.8) is 0 Å². The Kier molecular flexibility index (Phi) is 8.37. The highest BCUT2D eigenvalue weighted by molar-refractivity contribution is 6.39. The Morgan fingerprint density at radius 3 is 2.26 bits per heavy atom. The topological polar surface area (TPSA) is 108 Å². The minimum atomic E-state index is -0.725. The zero-order valence-corrected chi connectivity index (χ0v) is 27.1. The average Bonchev–Trinajstić information content (AvgIpc) is 3.43. The second-order valence-corrected chi connectivity index (χ2v) is 13.0. The average molecular weight is 662 g/mol. The standard InChI is InChI=1S/C35H34Cl2N4O5/c1-45-31-11-20(9-19-10-22(12-28(19)31)41-14-21(15-41)35(43)44)24-5-3-6-25(32(24)36)26-7-4-8-27(33(26)37)29-13-38-30(34(39-29)46-2)18-40-16-23(42)17-40/h3-9,11,13,21-23,42H,10,12,14-18H2,1-2H3,(H,43,44)/t22-/m0/s1. The number of aliphatic carboxylic acids is 1. The Hall–Kier alpha value is -3.73. The lowest BCUT2D eigenvalue weighted by Gasteiger charge is -2.41. The molecule has 238 valence electrons. The molecule has 7 rings (SSSR count). The number of aromatic nitrogens is 2. The number of likely N-dealkylation sites (tertiary alicyclic amines) is 2. The summed E-state index contributed by atoms with van der Waals surface area (Å²) in [5.41, 5.74) is 7.72. The molecule has 0 saturated carbocycles. The summed E-state index contributed by atoms with van der Waals surface area (Å²) >= 11 is 14.2. The Labute approximate surface area is 277 Å². The molecular weight excluding hydrogens is 627 g/mol. The van der Waals surface area contributed by atoms with E-state index in [0.717, 1.165) is 40.8 Å². The van der Waals surface area contributed by atoms with Crippen LogP contribution in [0.3, 0.4) is 0 Å². The highest BCUT2D eigenvalue weighted by Crippen LogP contribution is 2.45. The number of carboxylic acid groups (broad SMARTS) is 1. The van der Waals surface area contributed by atoms with E-state index < -0.39 is 5.97 Å². The predicted molar refractivity (Wildman–Crippen MR) is 177 cm³/mol. The van der Waals surface area contributed by atoms with E-state index in [1.54, 1.807) is 20.4 Å². The number of benzene rings is 3. The molecule has 2 aliphatic heterocycles. The first-order chi connectivity index (χ1) is 22.2. The smallest absolute Gasteiger partial charge is 0.309 e. The lowest BCUT2D eigenvalue weighted by Crippen LogP contribution is -2.55. The van der Waals surface area contributed by atoms with Gasteiger partial charge in [0.2, 0.25) is 5.88 Å². The van der Waals surface area contributed by atoms with Crippen LogP contribution in [0.25, 0.3) is 33.5 Å². The maximum absolute atomic E-state index is 11.3. The van der Waals surface area contributed by atoms with Crippen molar-refractivity contribution in [2.75, 3.05) is 40.4 Å². The molecule has 1 aliphatic carbocycles. The van der Waals surface area contributed by atoms with Gasteiger partial charge in [-0.3, -0.25) is 19.6 Å². The maximum Gasteiger partial charge on any atom is 0.309 e. The van der Waals surface area contributed by atoms with Crippen LogP contribution in [0, 0.1) is 5.92 Å². The third-order valence-corrected chi connectivity index (χ3v) is 10.2. The zero-order valence-electron chi connectivity index (χ0n) is 25.5. The first kappa shape index (κ1) is 30.9. The quantitative estimate of drug-likeness (QED) is 0.242. The number of β-amino-alcohol motifs (C(OH)–C–C–N with tert-alkyl or cyclic N) is 1. The van der Waals surface area contributed by atoms with Gasteiger partial charge in [0, 0.05) is 61.0 Å². The van der Waals surface area contributed by atoms with Crippen LogP contribution >= 0.6 is 23.2 Å². The summed E-state index contributed by atoms with van der Waals surface area (Å²) in [7, 11) is 3.25. The van der Waals surface area contributed by atoms with Crippen molar-refractivity contribution in [1.82, 2.24) is 19.8 Å². The minimum Gasteiger partial charge on any atom is -0.496 e. The van der Waals surface area contributed by atoms with Gasteiger partial charge in [-0.1, -0.05) is 65.7 Å². The van der Waals surface area contributed by atoms with E-state index in [1.165, 1.54) is 11.1 Å². The van der Waals surface area contributed by atoms with Gasteiger partial charge in [0.05, 0.1) is 48.2 Å². The number of ether oxygens (including phenoxy) is 2. The Morgan fingerprint density at radius 1 is 0.935 bits per heavy atom. The largest absolute Gasteiger partial charge is 0.496 e. The van der Waals surface area contributed by atoms with E-state index in [0.29, 0.717) is 65.6 Å². The molecule has 0 radical (unpaired) electrons. The van der Waals surface area contributed by atoms with Gasteiger partial charge in [0.1, 0.15) is 11.4 Å². The molecular formula is C35H34Cl2N4O5. The summed E-state index contributed by atoms with van der Waals surface area (Å²) in [5.74, 6) is 0.224. The van der Waals surface area contributed by atoms with Gasteiger partial charge < -0.3 is 19.7 Å². The van der Waals surface area contributed by atoms with Crippen molar-refractivity contribution in [1.29, 1.82) is 0 Å². The summed E-state index contributed by atoms with van der Waals surface area (Å²) in [4.78, 5) is 25.0. The van der Waals surface area contributed by atoms with E-state index in [-0.39, 0.29) is 18.1 Å². The van der Waals surface area contributed by atoms with Crippen molar-refractivity contribution >= 4 is 29.2 Å². The molecule has 0 unspecified atom stereocenters. The van der Waals surface area contributed by atoms with Crippen LogP contribution in [-0.4, -0.2) is 88.5 Å². The highest BCUT2D eigenvalue weighted by Gasteiger charge is 2.39. The number of aliphatic hydroxyl groups is 1. The Morgan fingerprint density at radius 2 is 1.61 bits per heavy atom. The second-order valence-electron chi connectivity index (χ2n) is 12.3. The fraction of sp³-hybridized carbons (Fsp3) is 0.343. The number of fused-ring (bicyclic) bond motifs is 1. The monoisotopic (exact) mass is 660 g/mol. The molecule has 2 saturated heterocycles. The normalized spacial score (nSPS) is 18.6. The lowest BCUT2D eigenvalue weighted by atomic mass is 9.95. The molecule has 3 aliphatic rings. The summed E-state index contributed by atoms with van der Waals surface area (Å²) < 4.78 is 11.4. The number of hydrogen-bond acceptors (Lipinski definition) is 8. The van der Waals surface area contributed by atoms with Crippen LogP contribution in [-0.2, 0) is 24.2 Å². The van der Waals surface area contributed by atoms with Crippen LogP contribution in [0.4, 0.5) is 0 Å². The molecule has 3 heterocycles. The van der Waals surface area contributed by atoms with Crippen LogP contribution in [0.15, 0.2) is 54.7 Å². The number of carbonyl (C=O) groups is 1.